The standard InChI is InChI=1S/C22H26FN3O3/c1-14(25-22(28)20-10-9-18(13-24)29-20)15-6-4-7-17(11-15)26-21(27)12-16-5-2-3-8-19(16)23/h2-8,11,14,18,20H,9-10,12-13,24H2,1H3,(H,25,28)(H,26,27)/t14?,18-,20+/m1/s1. The van der Waals surface area contributed by atoms with Gasteiger partial charge in [-0.1, -0.05) is 30.3 Å². The molecule has 0 saturated carbocycles. The monoisotopic (exact) mass is 399 g/mol. The maximum absolute atomic E-state index is 13.7. The van der Waals surface area contributed by atoms with Crippen molar-refractivity contribution in [3.8, 4) is 0 Å². The van der Waals surface area contributed by atoms with E-state index in [4.69, 9.17) is 10.5 Å². The van der Waals surface area contributed by atoms with Crippen LogP contribution in [0.25, 0.3) is 0 Å². The van der Waals surface area contributed by atoms with E-state index in [9.17, 15) is 14.0 Å². The molecule has 0 aromatic heterocycles. The fourth-order valence-electron chi connectivity index (χ4n) is 3.37. The molecule has 154 valence electrons. The van der Waals surface area contributed by atoms with Gasteiger partial charge in [0.05, 0.1) is 18.6 Å². The van der Waals surface area contributed by atoms with Crippen molar-refractivity contribution >= 4 is 17.5 Å². The molecule has 3 rings (SSSR count). The summed E-state index contributed by atoms with van der Waals surface area (Å²) >= 11 is 0. The first-order valence-corrected chi connectivity index (χ1v) is 9.75. The Labute approximate surface area is 169 Å². The van der Waals surface area contributed by atoms with Gasteiger partial charge in [0.2, 0.25) is 11.8 Å². The predicted octanol–water partition coefficient (Wildman–Crippen LogP) is 2.69. The van der Waals surface area contributed by atoms with Gasteiger partial charge in [-0.2, -0.15) is 0 Å². The van der Waals surface area contributed by atoms with Gasteiger partial charge in [-0.05, 0) is 49.1 Å². The highest BCUT2D eigenvalue weighted by molar-refractivity contribution is 5.92. The Hall–Kier alpha value is -2.77. The highest BCUT2D eigenvalue weighted by Crippen LogP contribution is 2.22. The molecule has 4 N–H and O–H groups in total. The topological polar surface area (TPSA) is 93.5 Å². The zero-order chi connectivity index (χ0) is 20.8. The Balaban J connectivity index is 1.58. The van der Waals surface area contributed by atoms with Crippen molar-refractivity contribution in [3.05, 3.63) is 65.5 Å². The second kappa shape index (κ2) is 9.62. The third-order valence-corrected chi connectivity index (χ3v) is 5.00. The third kappa shape index (κ3) is 5.62. The van der Waals surface area contributed by atoms with Crippen LogP contribution in [-0.4, -0.2) is 30.6 Å². The van der Waals surface area contributed by atoms with Crippen LogP contribution in [0, 0.1) is 5.82 Å². The second-order valence-electron chi connectivity index (χ2n) is 7.23. The molecule has 2 aromatic carbocycles. The molecule has 2 amide bonds. The molecule has 29 heavy (non-hydrogen) atoms. The minimum atomic E-state index is -0.477. The van der Waals surface area contributed by atoms with Gasteiger partial charge >= 0.3 is 0 Å². The van der Waals surface area contributed by atoms with Gasteiger partial charge in [-0.25, -0.2) is 4.39 Å². The lowest BCUT2D eigenvalue weighted by Crippen LogP contribution is -2.37. The summed E-state index contributed by atoms with van der Waals surface area (Å²) < 4.78 is 19.3. The minimum absolute atomic E-state index is 0.0511. The molecular weight excluding hydrogens is 373 g/mol. The van der Waals surface area contributed by atoms with Gasteiger partial charge < -0.3 is 21.1 Å². The summed E-state index contributed by atoms with van der Waals surface area (Å²) in [5, 5.41) is 5.72. The number of benzene rings is 2. The Morgan fingerprint density at radius 2 is 2.00 bits per heavy atom. The average Bonchev–Trinajstić information content (AvgIpc) is 3.19. The second-order valence-corrected chi connectivity index (χ2v) is 7.23. The summed E-state index contributed by atoms with van der Waals surface area (Å²) in [6.45, 7) is 2.28. The quantitative estimate of drug-likeness (QED) is 0.667. The number of nitrogens with one attached hydrogen (secondary N) is 2. The van der Waals surface area contributed by atoms with Crippen LogP contribution < -0.4 is 16.4 Å². The highest BCUT2D eigenvalue weighted by atomic mass is 19.1. The summed E-state index contributed by atoms with van der Waals surface area (Å²) in [7, 11) is 0. The van der Waals surface area contributed by atoms with E-state index in [0.717, 1.165) is 12.0 Å². The number of amides is 2. The smallest absolute Gasteiger partial charge is 0.249 e. The van der Waals surface area contributed by atoms with Crippen LogP contribution in [0.4, 0.5) is 10.1 Å². The van der Waals surface area contributed by atoms with Crippen molar-refractivity contribution in [2.75, 3.05) is 11.9 Å². The van der Waals surface area contributed by atoms with E-state index in [0.29, 0.717) is 24.2 Å². The fraction of sp³-hybridized carbons (Fsp3) is 0.364. The van der Waals surface area contributed by atoms with Crippen LogP contribution >= 0.6 is 0 Å². The number of halogens is 1. The largest absolute Gasteiger partial charge is 0.364 e. The Morgan fingerprint density at radius 3 is 2.72 bits per heavy atom. The Kier molecular flexibility index (Phi) is 6.95. The number of anilines is 1. The number of hydrogen-bond acceptors (Lipinski definition) is 4. The molecule has 0 aliphatic carbocycles. The molecule has 1 aliphatic rings. The number of carbonyl (C=O) groups excluding carboxylic acids is 2. The summed E-state index contributed by atoms with van der Waals surface area (Å²) in [5.74, 6) is -0.877. The van der Waals surface area contributed by atoms with Crippen LogP contribution in [0.5, 0.6) is 0 Å². The van der Waals surface area contributed by atoms with Crippen molar-refractivity contribution in [3.63, 3.8) is 0 Å². The molecule has 1 saturated heterocycles. The maximum Gasteiger partial charge on any atom is 0.249 e. The molecule has 1 heterocycles. The number of carbonyl (C=O) groups is 2. The molecule has 0 radical (unpaired) electrons. The van der Waals surface area contributed by atoms with Crippen molar-refractivity contribution < 1.29 is 18.7 Å². The lowest BCUT2D eigenvalue weighted by molar-refractivity contribution is -0.132. The van der Waals surface area contributed by atoms with Gasteiger partial charge in [0, 0.05) is 12.2 Å². The first kappa shape index (κ1) is 21.0. The van der Waals surface area contributed by atoms with E-state index >= 15 is 0 Å². The molecule has 6 nitrogen and oxygen atoms in total. The molecule has 2 aromatic rings. The Morgan fingerprint density at radius 1 is 1.21 bits per heavy atom. The molecule has 1 fully saturated rings. The molecule has 1 unspecified atom stereocenters. The van der Waals surface area contributed by atoms with E-state index in [2.05, 4.69) is 10.6 Å². The van der Waals surface area contributed by atoms with Gasteiger partial charge in [-0.15, -0.1) is 0 Å². The molecule has 1 aliphatic heterocycles. The van der Waals surface area contributed by atoms with Crippen LogP contribution in [-0.2, 0) is 20.7 Å². The highest BCUT2D eigenvalue weighted by Gasteiger charge is 2.30. The fourth-order valence-corrected chi connectivity index (χ4v) is 3.37. The number of hydrogen-bond donors (Lipinski definition) is 3. The van der Waals surface area contributed by atoms with Gasteiger partial charge in [-0.3, -0.25) is 9.59 Å². The third-order valence-electron chi connectivity index (χ3n) is 5.00. The number of ether oxygens (including phenoxy) is 1. The maximum atomic E-state index is 13.7. The SMILES string of the molecule is CC(NC(=O)[C@@H]1CC[C@H](CN)O1)c1cccc(NC(=O)Cc2ccccc2F)c1. The lowest BCUT2D eigenvalue weighted by Gasteiger charge is -2.18. The van der Waals surface area contributed by atoms with E-state index in [1.54, 1.807) is 36.4 Å². The summed E-state index contributed by atoms with van der Waals surface area (Å²) in [5.41, 5.74) is 7.36. The van der Waals surface area contributed by atoms with Gasteiger partial charge in [0.1, 0.15) is 11.9 Å². The summed E-state index contributed by atoms with van der Waals surface area (Å²) in [6, 6.07) is 13.2. The molecular formula is C22H26FN3O3. The van der Waals surface area contributed by atoms with Crippen LogP contribution in [0.1, 0.15) is 36.9 Å². The van der Waals surface area contributed by atoms with E-state index in [-0.39, 0.29) is 30.4 Å². The summed E-state index contributed by atoms with van der Waals surface area (Å²) in [6.07, 6.45) is 0.854. The van der Waals surface area contributed by atoms with Crippen LogP contribution in [0.3, 0.4) is 0 Å². The van der Waals surface area contributed by atoms with E-state index < -0.39 is 11.9 Å². The predicted molar refractivity (Wildman–Crippen MR) is 109 cm³/mol. The molecule has 7 heteroatoms. The summed E-state index contributed by atoms with van der Waals surface area (Å²) in [4.78, 5) is 24.7. The van der Waals surface area contributed by atoms with Gasteiger partial charge in [0.15, 0.2) is 0 Å². The van der Waals surface area contributed by atoms with E-state index in [1.807, 2.05) is 13.0 Å². The normalized spacial score (nSPS) is 19.6. The van der Waals surface area contributed by atoms with Crippen LogP contribution in [0.2, 0.25) is 0 Å². The number of rotatable bonds is 7. The molecule has 3 atom stereocenters. The van der Waals surface area contributed by atoms with Crippen molar-refractivity contribution in [1.29, 1.82) is 0 Å². The first-order valence-electron chi connectivity index (χ1n) is 9.75. The van der Waals surface area contributed by atoms with Gasteiger partial charge in [0.25, 0.3) is 0 Å². The Bertz CT molecular complexity index is 874. The number of nitrogens with two attached hydrogens (primary N) is 1. The van der Waals surface area contributed by atoms with Crippen molar-refractivity contribution in [1.82, 2.24) is 5.32 Å². The first-order chi connectivity index (χ1) is 14.0. The van der Waals surface area contributed by atoms with Crippen molar-refractivity contribution in [2.24, 2.45) is 5.73 Å². The average molecular weight is 399 g/mol. The zero-order valence-electron chi connectivity index (χ0n) is 16.4. The lowest BCUT2D eigenvalue weighted by atomic mass is 10.1. The molecule has 0 bridgehead atoms. The van der Waals surface area contributed by atoms with Crippen molar-refractivity contribution in [2.45, 2.75) is 44.4 Å². The minimum Gasteiger partial charge on any atom is -0.364 e. The zero-order valence-corrected chi connectivity index (χ0v) is 16.4. The molecule has 0 spiro atoms. The van der Waals surface area contributed by atoms with E-state index in [1.165, 1.54) is 6.07 Å². The van der Waals surface area contributed by atoms with Crippen LogP contribution in [0.15, 0.2) is 48.5 Å².